The van der Waals surface area contributed by atoms with E-state index in [4.69, 9.17) is 0 Å². The molecule has 0 saturated carbocycles. The molecule has 1 fully saturated rings. The average molecular weight is 326 g/mol. The highest BCUT2D eigenvalue weighted by Crippen LogP contribution is 2.32. The Morgan fingerprint density at radius 1 is 1.21 bits per heavy atom. The predicted molar refractivity (Wildman–Crippen MR) is 79.2 cm³/mol. The second-order valence-corrected chi connectivity index (χ2v) is 5.94. The third-order valence-corrected chi connectivity index (χ3v) is 4.44. The van der Waals surface area contributed by atoms with Crippen LogP contribution in [0.1, 0.15) is 43.7 Å². The van der Waals surface area contributed by atoms with E-state index >= 15 is 0 Å². The molecule has 1 aromatic carbocycles. The number of carbonyl (C=O) groups is 1. The third kappa shape index (κ3) is 4.05. The van der Waals surface area contributed by atoms with Crippen LogP contribution in [-0.4, -0.2) is 29.1 Å². The summed E-state index contributed by atoms with van der Waals surface area (Å²) in [6, 6.07) is 7.94. The minimum atomic E-state index is -0.731. The van der Waals surface area contributed by atoms with Crippen LogP contribution in [0.25, 0.3) is 0 Å². The summed E-state index contributed by atoms with van der Waals surface area (Å²) < 4.78 is 1.01. The van der Waals surface area contributed by atoms with E-state index in [0.29, 0.717) is 0 Å². The van der Waals surface area contributed by atoms with Gasteiger partial charge in [0.15, 0.2) is 0 Å². The number of carboxylic acid groups (broad SMARTS) is 1. The summed E-state index contributed by atoms with van der Waals surface area (Å²) in [5.41, 5.74) is 1.09. The monoisotopic (exact) mass is 325 g/mol. The molecule has 3 nitrogen and oxygen atoms in total. The third-order valence-electron chi connectivity index (χ3n) is 3.71. The van der Waals surface area contributed by atoms with Gasteiger partial charge in [-0.1, -0.05) is 47.0 Å². The van der Waals surface area contributed by atoms with Crippen molar-refractivity contribution in [3.05, 3.63) is 34.3 Å². The molecular weight excluding hydrogens is 306 g/mol. The van der Waals surface area contributed by atoms with E-state index in [9.17, 15) is 9.90 Å². The number of likely N-dealkylation sites (tertiary alicyclic amines) is 1. The molecule has 1 unspecified atom stereocenters. The maximum absolute atomic E-state index is 11.2. The van der Waals surface area contributed by atoms with E-state index in [0.717, 1.165) is 23.1 Å². The van der Waals surface area contributed by atoms with Crippen molar-refractivity contribution in [2.75, 3.05) is 13.1 Å². The fourth-order valence-electron chi connectivity index (χ4n) is 2.75. The molecule has 0 spiro atoms. The fourth-order valence-corrected chi connectivity index (χ4v) is 3.30. The van der Waals surface area contributed by atoms with Gasteiger partial charge < -0.3 is 5.11 Å². The van der Waals surface area contributed by atoms with Gasteiger partial charge >= 0.3 is 5.97 Å². The summed E-state index contributed by atoms with van der Waals surface area (Å²) in [5, 5.41) is 9.20. The maximum atomic E-state index is 11.2. The summed E-state index contributed by atoms with van der Waals surface area (Å²) in [4.78, 5) is 13.5. The number of benzene rings is 1. The molecule has 104 valence electrons. The van der Waals surface area contributed by atoms with E-state index in [2.05, 4.69) is 20.8 Å². The van der Waals surface area contributed by atoms with Crippen LogP contribution in [-0.2, 0) is 4.79 Å². The number of rotatable bonds is 4. The molecule has 0 aliphatic carbocycles. The summed E-state index contributed by atoms with van der Waals surface area (Å²) >= 11 is 3.55. The van der Waals surface area contributed by atoms with E-state index < -0.39 is 5.97 Å². The number of halogens is 1. The van der Waals surface area contributed by atoms with Crippen LogP contribution in [0.15, 0.2) is 28.7 Å². The Hall–Kier alpha value is -0.870. The highest BCUT2D eigenvalue weighted by Gasteiger charge is 2.25. The topological polar surface area (TPSA) is 40.5 Å². The van der Waals surface area contributed by atoms with E-state index in [1.54, 1.807) is 0 Å². The molecule has 1 saturated heterocycles. The Bertz CT molecular complexity index is 428. The highest BCUT2D eigenvalue weighted by atomic mass is 79.9. The summed E-state index contributed by atoms with van der Waals surface area (Å²) in [7, 11) is 0. The Labute approximate surface area is 122 Å². The summed E-state index contributed by atoms with van der Waals surface area (Å²) in [6.07, 6.45) is 5.02. The first-order valence-corrected chi connectivity index (χ1v) is 7.68. The van der Waals surface area contributed by atoms with Crippen molar-refractivity contribution in [2.24, 2.45) is 0 Å². The van der Waals surface area contributed by atoms with Crippen molar-refractivity contribution in [3.63, 3.8) is 0 Å². The van der Waals surface area contributed by atoms with Gasteiger partial charge in [0, 0.05) is 10.5 Å². The van der Waals surface area contributed by atoms with Crippen LogP contribution in [0.5, 0.6) is 0 Å². The summed E-state index contributed by atoms with van der Waals surface area (Å²) in [6.45, 7) is 2.00. The molecule has 1 atom stereocenters. The van der Waals surface area contributed by atoms with Gasteiger partial charge in [-0.2, -0.15) is 0 Å². The normalized spacial score (nSPS) is 18.8. The molecular formula is C15H20BrNO2. The average Bonchev–Trinajstić information content (AvgIpc) is 2.65. The second kappa shape index (κ2) is 7.06. The van der Waals surface area contributed by atoms with Gasteiger partial charge in [-0.25, -0.2) is 0 Å². The lowest BCUT2D eigenvalue weighted by Gasteiger charge is -2.30. The molecule has 1 aromatic rings. The number of nitrogens with zero attached hydrogens (tertiary/aromatic N) is 1. The van der Waals surface area contributed by atoms with Crippen molar-refractivity contribution < 1.29 is 9.90 Å². The number of hydrogen-bond acceptors (Lipinski definition) is 2. The van der Waals surface area contributed by atoms with E-state index in [-0.39, 0.29) is 12.5 Å². The molecule has 1 aliphatic heterocycles. The van der Waals surface area contributed by atoms with Crippen LogP contribution < -0.4 is 0 Å². The molecule has 0 amide bonds. The van der Waals surface area contributed by atoms with Gasteiger partial charge in [-0.15, -0.1) is 0 Å². The van der Waals surface area contributed by atoms with Gasteiger partial charge in [-0.3, -0.25) is 9.69 Å². The minimum absolute atomic E-state index is 0.0221. The zero-order valence-corrected chi connectivity index (χ0v) is 12.6. The first-order chi connectivity index (χ1) is 9.18. The first-order valence-electron chi connectivity index (χ1n) is 6.89. The lowest BCUT2D eigenvalue weighted by molar-refractivity contribution is -0.138. The number of hydrogen-bond donors (Lipinski definition) is 1. The largest absolute Gasteiger partial charge is 0.481 e. The fraction of sp³-hybridized carbons (Fsp3) is 0.533. The SMILES string of the molecule is O=C(O)CC(c1ccccc1Br)N1CCCCCC1. The second-order valence-electron chi connectivity index (χ2n) is 5.09. The zero-order valence-electron chi connectivity index (χ0n) is 11.0. The predicted octanol–water partition coefficient (Wildman–Crippen LogP) is 3.84. The molecule has 0 bridgehead atoms. The van der Waals surface area contributed by atoms with E-state index in [1.165, 1.54) is 25.7 Å². The lowest BCUT2D eigenvalue weighted by atomic mass is 10.0. The van der Waals surface area contributed by atoms with Crippen molar-refractivity contribution in [2.45, 2.75) is 38.1 Å². The van der Waals surface area contributed by atoms with Crippen LogP contribution in [0.4, 0.5) is 0 Å². The molecule has 1 N–H and O–H groups in total. The summed E-state index contributed by atoms with van der Waals surface area (Å²) in [5.74, 6) is -0.731. The lowest BCUT2D eigenvalue weighted by Crippen LogP contribution is -2.31. The highest BCUT2D eigenvalue weighted by molar-refractivity contribution is 9.10. The van der Waals surface area contributed by atoms with Gasteiger partial charge in [-0.05, 0) is 37.6 Å². The molecule has 0 aromatic heterocycles. The minimum Gasteiger partial charge on any atom is -0.481 e. The zero-order chi connectivity index (χ0) is 13.7. The molecule has 4 heteroatoms. The van der Waals surface area contributed by atoms with Gasteiger partial charge in [0.2, 0.25) is 0 Å². The molecule has 2 rings (SSSR count). The number of carboxylic acids is 1. The van der Waals surface area contributed by atoms with Crippen molar-refractivity contribution in [1.29, 1.82) is 0 Å². The molecule has 1 aliphatic rings. The Kier molecular flexibility index (Phi) is 5.40. The smallest absolute Gasteiger partial charge is 0.305 e. The van der Waals surface area contributed by atoms with Gasteiger partial charge in [0.05, 0.1) is 6.42 Å². The quantitative estimate of drug-likeness (QED) is 0.914. The molecule has 19 heavy (non-hydrogen) atoms. The Morgan fingerprint density at radius 3 is 2.42 bits per heavy atom. The Balaban J connectivity index is 2.24. The van der Waals surface area contributed by atoms with Crippen molar-refractivity contribution in [3.8, 4) is 0 Å². The van der Waals surface area contributed by atoms with Crippen molar-refractivity contribution >= 4 is 21.9 Å². The van der Waals surface area contributed by atoms with E-state index in [1.807, 2.05) is 24.3 Å². The number of aliphatic carboxylic acids is 1. The van der Waals surface area contributed by atoms with Crippen LogP contribution in [0.3, 0.4) is 0 Å². The van der Waals surface area contributed by atoms with Crippen molar-refractivity contribution in [1.82, 2.24) is 4.90 Å². The van der Waals surface area contributed by atoms with Gasteiger partial charge in [0.1, 0.15) is 0 Å². The van der Waals surface area contributed by atoms with Crippen LogP contribution >= 0.6 is 15.9 Å². The Morgan fingerprint density at radius 2 is 1.84 bits per heavy atom. The molecule has 1 heterocycles. The van der Waals surface area contributed by atoms with Crippen LogP contribution in [0.2, 0.25) is 0 Å². The maximum Gasteiger partial charge on any atom is 0.305 e. The van der Waals surface area contributed by atoms with Crippen LogP contribution in [0, 0.1) is 0 Å². The first kappa shape index (κ1) is 14.5. The van der Waals surface area contributed by atoms with Gasteiger partial charge in [0.25, 0.3) is 0 Å². The standard InChI is InChI=1S/C15H20BrNO2/c16-13-8-4-3-7-12(13)14(11-15(18)19)17-9-5-1-2-6-10-17/h3-4,7-8,14H,1-2,5-6,9-11H2,(H,18,19). The molecule has 0 radical (unpaired) electrons.